The average Bonchev–Trinajstić information content (AvgIpc) is 3.11. The Morgan fingerprint density at radius 2 is 1.90 bits per heavy atom. The maximum absolute atomic E-state index is 12.9. The molecule has 1 N–H and O–H groups in total. The molecule has 148 valence electrons. The predicted octanol–water partition coefficient (Wildman–Crippen LogP) is 4.58. The van der Waals surface area contributed by atoms with Crippen LogP contribution >= 0.6 is 0 Å². The first kappa shape index (κ1) is 18.9. The molecule has 2 heterocycles. The minimum absolute atomic E-state index is 0.0922. The fraction of sp³-hybridized carbons (Fsp3) is 0.190. The number of rotatable bonds is 3. The van der Waals surface area contributed by atoms with Crippen molar-refractivity contribution in [1.82, 2.24) is 9.97 Å². The molecule has 29 heavy (non-hydrogen) atoms. The second kappa shape index (κ2) is 7.20. The molecular weight excluding hydrogens is 381 g/mol. The van der Waals surface area contributed by atoms with Gasteiger partial charge in [-0.25, -0.2) is 9.97 Å². The van der Waals surface area contributed by atoms with Gasteiger partial charge in [-0.2, -0.15) is 13.2 Å². The molecule has 1 aliphatic rings. The van der Waals surface area contributed by atoms with Gasteiger partial charge in [0, 0.05) is 35.2 Å². The summed E-state index contributed by atoms with van der Waals surface area (Å²) >= 11 is 0. The van der Waals surface area contributed by atoms with E-state index in [9.17, 15) is 18.0 Å². The highest BCUT2D eigenvalue weighted by molar-refractivity contribution is 6.04. The topological polar surface area (TPSA) is 58.1 Å². The van der Waals surface area contributed by atoms with Crippen LogP contribution in [0.1, 0.15) is 33.0 Å². The van der Waals surface area contributed by atoms with E-state index in [0.29, 0.717) is 24.5 Å². The zero-order chi connectivity index (χ0) is 20.6. The third-order valence-corrected chi connectivity index (χ3v) is 4.70. The van der Waals surface area contributed by atoms with E-state index in [-0.39, 0.29) is 5.69 Å². The molecule has 0 spiro atoms. The van der Waals surface area contributed by atoms with Crippen LogP contribution in [-0.2, 0) is 19.3 Å². The molecule has 0 unspecified atom stereocenters. The van der Waals surface area contributed by atoms with Gasteiger partial charge >= 0.3 is 6.18 Å². The number of benzene rings is 2. The SMILES string of the molecule is Cc1ncc2c(n1)CN(c1cccc(C(=O)Nc3cccc(C(F)(F)F)c3)c1)C2. The van der Waals surface area contributed by atoms with Crippen LogP contribution in [0.2, 0.25) is 0 Å². The number of aromatic nitrogens is 2. The number of halogens is 3. The van der Waals surface area contributed by atoms with Crippen molar-refractivity contribution in [3.63, 3.8) is 0 Å². The van der Waals surface area contributed by atoms with Crippen LogP contribution in [-0.4, -0.2) is 15.9 Å². The number of anilines is 2. The van der Waals surface area contributed by atoms with Crippen LogP contribution in [0.15, 0.2) is 54.7 Å². The highest BCUT2D eigenvalue weighted by Gasteiger charge is 2.30. The van der Waals surface area contributed by atoms with E-state index in [4.69, 9.17) is 0 Å². The minimum Gasteiger partial charge on any atom is -0.361 e. The lowest BCUT2D eigenvalue weighted by Gasteiger charge is -2.18. The number of carbonyl (C=O) groups is 1. The second-order valence-electron chi connectivity index (χ2n) is 6.83. The maximum Gasteiger partial charge on any atom is 0.416 e. The summed E-state index contributed by atoms with van der Waals surface area (Å²) in [4.78, 5) is 23.3. The van der Waals surface area contributed by atoms with Crippen LogP contribution in [0.25, 0.3) is 0 Å². The predicted molar refractivity (Wildman–Crippen MR) is 102 cm³/mol. The average molecular weight is 398 g/mol. The largest absolute Gasteiger partial charge is 0.416 e. The van der Waals surface area contributed by atoms with Gasteiger partial charge in [0.2, 0.25) is 0 Å². The van der Waals surface area contributed by atoms with E-state index in [1.807, 2.05) is 19.2 Å². The summed E-state index contributed by atoms with van der Waals surface area (Å²) in [6, 6.07) is 11.5. The fourth-order valence-electron chi connectivity index (χ4n) is 3.26. The Balaban J connectivity index is 1.51. The van der Waals surface area contributed by atoms with E-state index in [1.54, 1.807) is 18.2 Å². The van der Waals surface area contributed by atoms with Gasteiger partial charge < -0.3 is 10.2 Å². The highest BCUT2D eigenvalue weighted by atomic mass is 19.4. The summed E-state index contributed by atoms with van der Waals surface area (Å²) in [5, 5.41) is 2.53. The van der Waals surface area contributed by atoms with E-state index in [2.05, 4.69) is 20.2 Å². The zero-order valence-electron chi connectivity index (χ0n) is 15.5. The summed E-state index contributed by atoms with van der Waals surface area (Å²) in [7, 11) is 0. The molecule has 2 aromatic carbocycles. The number of nitrogens with one attached hydrogen (secondary N) is 1. The molecule has 0 saturated carbocycles. The first-order valence-corrected chi connectivity index (χ1v) is 8.94. The van der Waals surface area contributed by atoms with Crippen LogP contribution in [0, 0.1) is 6.92 Å². The van der Waals surface area contributed by atoms with Crippen molar-refractivity contribution in [2.24, 2.45) is 0 Å². The third kappa shape index (κ3) is 4.06. The standard InChI is InChI=1S/C21H17F3N4O/c1-13-25-10-15-11-28(12-19(15)26-13)18-7-2-4-14(8-18)20(29)27-17-6-3-5-16(9-17)21(22,23)24/h2-10H,11-12H2,1H3,(H,27,29). The molecule has 0 radical (unpaired) electrons. The number of hydrogen-bond donors (Lipinski definition) is 1. The van der Waals surface area contributed by atoms with Crippen molar-refractivity contribution in [2.75, 3.05) is 10.2 Å². The van der Waals surface area contributed by atoms with Crippen molar-refractivity contribution in [3.8, 4) is 0 Å². The first-order valence-electron chi connectivity index (χ1n) is 8.94. The van der Waals surface area contributed by atoms with Gasteiger partial charge in [-0.15, -0.1) is 0 Å². The summed E-state index contributed by atoms with van der Waals surface area (Å²) in [6.07, 6.45) is -2.66. The van der Waals surface area contributed by atoms with Crippen LogP contribution in [0.4, 0.5) is 24.5 Å². The zero-order valence-corrected chi connectivity index (χ0v) is 15.5. The van der Waals surface area contributed by atoms with Crippen molar-refractivity contribution in [2.45, 2.75) is 26.2 Å². The maximum atomic E-state index is 12.9. The highest BCUT2D eigenvalue weighted by Crippen LogP contribution is 2.31. The van der Waals surface area contributed by atoms with Gasteiger partial charge in [0.1, 0.15) is 5.82 Å². The molecule has 3 aromatic rings. The molecule has 0 aliphatic carbocycles. The lowest BCUT2D eigenvalue weighted by molar-refractivity contribution is -0.137. The van der Waals surface area contributed by atoms with Gasteiger partial charge in [0.15, 0.2) is 0 Å². The Labute approximate surface area is 165 Å². The van der Waals surface area contributed by atoms with Gasteiger partial charge in [0.05, 0.1) is 17.8 Å². The van der Waals surface area contributed by atoms with Gasteiger partial charge in [-0.1, -0.05) is 12.1 Å². The van der Waals surface area contributed by atoms with E-state index >= 15 is 0 Å². The van der Waals surface area contributed by atoms with E-state index in [1.165, 1.54) is 12.1 Å². The van der Waals surface area contributed by atoms with Gasteiger partial charge in [-0.3, -0.25) is 4.79 Å². The Morgan fingerprint density at radius 3 is 2.69 bits per heavy atom. The molecule has 0 fully saturated rings. The quantitative estimate of drug-likeness (QED) is 0.702. The number of carbonyl (C=O) groups excluding carboxylic acids is 1. The number of amides is 1. The smallest absolute Gasteiger partial charge is 0.361 e. The molecule has 1 amide bonds. The molecule has 0 saturated heterocycles. The lowest BCUT2D eigenvalue weighted by Crippen LogP contribution is -2.17. The van der Waals surface area contributed by atoms with Crippen LogP contribution in [0.3, 0.4) is 0 Å². The molecular formula is C21H17F3N4O. The molecule has 4 rings (SSSR count). The summed E-state index contributed by atoms with van der Waals surface area (Å²) in [6.45, 7) is 3.08. The van der Waals surface area contributed by atoms with Crippen LogP contribution < -0.4 is 10.2 Å². The normalized spacial score (nSPS) is 13.3. The minimum atomic E-state index is -4.47. The number of nitrogens with zero attached hydrogens (tertiary/aromatic N) is 3. The monoisotopic (exact) mass is 398 g/mol. The lowest BCUT2D eigenvalue weighted by atomic mass is 10.1. The number of alkyl halides is 3. The van der Waals surface area contributed by atoms with Crippen molar-refractivity contribution in [1.29, 1.82) is 0 Å². The first-order chi connectivity index (χ1) is 13.8. The Kier molecular flexibility index (Phi) is 4.70. The number of fused-ring (bicyclic) bond motifs is 1. The Morgan fingerprint density at radius 1 is 1.10 bits per heavy atom. The van der Waals surface area contributed by atoms with E-state index in [0.717, 1.165) is 29.1 Å². The third-order valence-electron chi connectivity index (χ3n) is 4.70. The molecule has 1 aromatic heterocycles. The number of aryl methyl sites for hydroxylation is 1. The van der Waals surface area contributed by atoms with Crippen molar-refractivity contribution >= 4 is 17.3 Å². The van der Waals surface area contributed by atoms with E-state index < -0.39 is 17.6 Å². The Bertz CT molecular complexity index is 1080. The van der Waals surface area contributed by atoms with Crippen LogP contribution in [0.5, 0.6) is 0 Å². The Hall–Kier alpha value is -3.42. The molecule has 0 bridgehead atoms. The molecule has 0 atom stereocenters. The molecule has 8 heteroatoms. The molecule has 1 aliphatic heterocycles. The second-order valence-corrected chi connectivity index (χ2v) is 6.83. The van der Waals surface area contributed by atoms with Crippen molar-refractivity contribution < 1.29 is 18.0 Å². The van der Waals surface area contributed by atoms with Gasteiger partial charge in [0.25, 0.3) is 5.91 Å². The summed E-state index contributed by atoms with van der Waals surface area (Å²) < 4.78 is 38.6. The number of hydrogen-bond acceptors (Lipinski definition) is 4. The summed E-state index contributed by atoms with van der Waals surface area (Å²) in [5.74, 6) is 0.235. The fourth-order valence-corrected chi connectivity index (χ4v) is 3.26. The van der Waals surface area contributed by atoms with Gasteiger partial charge in [-0.05, 0) is 43.3 Å². The summed E-state index contributed by atoms with van der Waals surface area (Å²) in [5.41, 5.74) is 2.46. The van der Waals surface area contributed by atoms with Crippen molar-refractivity contribution in [3.05, 3.63) is 82.9 Å². The molecule has 5 nitrogen and oxygen atoms in total.